The van der Waals surface area contributed by atoms with E-state index in [4.69, 9.17) is 0 Å². The fourth-order valence-corrected chi connectivity index (χ4v) is 1.48. The highest BCUT2D eigenvalue weighted by molar-refractivity contribution is 5.70. The lowest BCUT2D eigenvalue weighted by Gasteiger charge is -1.98. The molecular formula is C15H12N2O2. The highest BCUT2D eigenvalue weighted by Crippen LogP contribution is 2.17. The minimum absolute atomic E-state index is 0.222. The van der Waals surface area contributed by atoms with Crippen LogP contribution in [-0.2, 0) is 0 Å². The Labute approximate surface area is 110 Å². The first kappa shape index (κ1) is 12.7. The van der Waals surface area contributed by atoms with Crippen molar-refractivity contribution in [1.82, 2.24) is 10.4 Å². The van der Waals surface area contributed by atoms with Gasteiger partial charge in [0.05, 0.1) is 0 Å². The molecule has 0 aliphatic rings. The van der Waals surface area contributed by atoms with E-state index in [2.05, 4.69) is 63.4 Å². The Hall–Kier alpha value is -2.75. The first-order valence-corrected chi connectivity index (χ1v) is 5.73. The molecule has 3 aromatic rings. The number of rotatable bonds is 2. The molecule has 0 bridgehead atoms. The third-order valence-electron chi connectivity index (χ3n) is 2.38. The normalized spacial score (nSPS) is 9.26. The zero-order valence-corrected chi connectivity index (χ0v) is 10.1. The largest absolute Gasteiger partial charge is 0.345 e. The molecule has 94 valence electrons. The molecule has 0 fully saturated rings. The number of carbonyl (C=O) groups is 1. The third kappa shape index (κ3) is 3.89. The number of nitrogens with zero attached hydrogens (tertiary/aromatic N) is 2. The number of benzene rings is 2. The van der Waals surface area contributed by atoms with Crippen molar-refractivity contribution in [2.45, 2.75) is 0 Å². The molecule has 0 saturated carbocycles. The Morgan fingerprint density at radius 3 is 1.68 bits per heavy atom. The van der Waals surface area contributed by atoms with Crippen LogP contribution in [0.4, 0.5) is 0 Å². The second-order valence-electron chi connectivity index (χ2n) is 3.68. The summed E-state index contributed by atoms with van der Waals surface area (Å²) in [5.41, 5.74) is 2.77. The van der Waals surface area contributed by atoms with Gasteiger partial charge < -0.3 is 4.52 Å². The molecular weight excluding hydrogens is 240 g/mol. The van der Waals surface area contributed by atoms with E-state index in [1.165, 1.54) is 17.4 Å². The van der Waals surface area contributed by atoms with Gasteiger partial charge in [-0.25, -0.2) is 0 Å². The van der Waals surface area contributed by atoms with Gasteiger partial charge in [-0.15, -0.1) is 5.10 Å². The Bertz CT molecular complexity index is 555. The van der Waals surface area contributed by atoms with E-state index in [-0.39, 0.29) is 5.69 Å². The average molecular weight is 252 g/mol. The van der Waals surface area contributed by atoms with Crippen molar-refractivity contribution in [3.8, 4) is 11.1 Å². The van der Waals surface area contributed by atoms with Crippen LogP contribution in [0, 0.1) is 0 Å². The molecule has 0 amide bonds. The van der Waals surface area contributed by atoms with E-state index >= 15 is 0 Å². The van der Waals surface area contributed by atoms with Crippen LogP contribution in [0.25, 0.3) is 11.1 Å². The number of hydrogen-bond acceptors (Lipinski definition) is 4. The first-order chi connectivity index (χ1) is 9.40. The Kier molecular flexibility index (Phi) is 4.58. The number of carbonyl (C=O) groups excluding carboxylic acids is 1. The van der Waals surface area contributed by atoms with Gasteiger partial charge in [0.25, 0.3) is 0 Å². The molecule has 0 unspecified atom stereocenters. The SMILES string of the molecule is O=Cc1conn1.c1ccc(-c2ccccc2)cc1. The predicted molar refractivity (Wildman–Crippen MR) is 71.6 cm³/mol. The summed E-state index contributed by atoms with van der Waals surface area (Å²) >= 11 is 0. The van der Waals surface area contributed by atoms with Gasteiger partial charge >= 0.3 is 0 Å². The maximum Gasteiger partial charge on any atom is 0.173 e. The standard InChI is InChI=1S/C12H10.C3H2N2O2/c1-3-7-11(8-4-1)12-9-5-2-6-10-12;6-1-3-2-7-5-4-3/h1-10H;1-2H. The minimum atomic E-state index is 0.222. The maximum absolute atomic E-state index is 9.71. The minimum Gasteiger partial charge on any atom is -0.345 e. The topological polar surface area (TPSA) is 56.0 Å². The van der Waals surface area contributed by atoms with Gasteiger partial charge in [-0.1, -0.05) is 60.7 Å². The summed E-state index contributed by atoms with van der Waals surface area (Å²) in [6.45, 7) is 0. The van der Waals surface area contributed by atoms with E-state index in [9.17, 15) is 4.79 Å². The van der Waals surface area contributed by atoms with Crippen LogP contribution in [0.5, 0.6) is 0 Å². The quantitative estimate of drug-likeness (QED) is 0.657. The number of hydrogen-bond donors (Lipinski definition) is 0. The molecule has 3 rings (SSSR count). The lowest BCUT2D eigenvalue weighted by Crippen LogP contribution is -1.75. The van der Waals surface area contributed by atoms with Crippen molar-refractivity contribution in [2.75, 3.05) is 0 Å². The lowest BCUT2D eigenvalue weighted by atomic mass is 10.1. The second kappa shape index (κ2) is 6.86. The maximum atomic E-state index is 9.71. The van der Waals surface area contributed by atoms with Crippen molar-refractivity contribution >= 4 is 6.29 Å². The molecule has 19 heavy (non-hydrogen) atoms. The third-order valence-corrected chi connectivity index (χ3v) is 2.38. The van der Waals surface area contributed by atoms with Gasteiger partial charge in [0.2, 0.25) is 0 Å². The van der Waals surface area contributed by atoms with Crippen LogP contribution in [0.1, 0.15) is 10.5 Å². The van der Waals surface area contributed by atoms with Crippen LogP contribution in [-0.4, -0.2) is 16.7 Å². The molecule has 0 radical (unpaired) electrons. The smallest absolute Gasteiger partial charge is 0.173 e. The fraction of sp³-hybridized carbons (Fsp3) is 0. The zero-order valence-electron chi connectivity index (χ0n) is 10.1. The van der Waals surface area contributed by atoms with E-state index in [0.717, 1.165) is 0 Å². The van der Waals surface area contributed by atoms with Crippen LogP contribution in [0.15, 0.2) is 71.4 Å². The van der Waals surface area contributed by atoms with Gasteiger partial charge in [-0.05, 0) is 11.1 Å². The molecule has 1 aromatic heterocycles. The molecule has 4 nitrogen and oxygen atoms in total. The van der Waals surface area contributed by atoms with Crippen LogP contribution in [0.3, 0.4) is 0 Å². The number of aldehydes is 1. The predicted octanol–water partition coefficient (Wildman–Crippen LogP) is 3.24. The van der Waals surface area contributed by atoms with Crippen molar-refractivity contribution in [3.63, 3.8) is 0 Å². The summed E-state index contributed by atoms with van der Waals surface area (Å²) in [6.07, 6.45) is 1.74. The van der Waals surface area contributed by atoms with Crippen molar-refractivity contribution in [1.29, 1.82) is 0 Å². The molecule has 0 aliphatic heterocycles. The molecule has 4 heteroatoms. The zero-order chi connectivity index (χ0) is 13.3. The molecule has 0 spiro atoms. The van der Waals surface area contributed by atoms with Crippen LogP contribution < -0.4 is 0 Å². The molecule has 0 aliphatic carbocycles. The molecule has 2 aromatic carbocycles. The van der Waals surface area contributed by atoms with Gasteiger partial charge in [-0.3, -0.25) is 4.79 Å². The Balaban J connectivity index is 0.000000163. The van der Waals surface area contributed by atoms with E-state index in [1.807, 2.05) is 12.1 Å². The monoisotopic (exact) mass is 252 g/mol. The Morgan fingerprint density at radius 1 is 0.842 bits per heavy atom. The molecule has 0 N–H and O–H groups in total. The van der Waals surface area contributed by atoms with Crippen LogP contribution in [0.2, 0.25) is 0 Å². The second-order valence-corrected chi connectivity index (χ2v) is 3.68. The summed E-state index contributed by atoms with van der Waals surface area (Å²) in [4.78, 5) is 9.71. The lowest BCUT2D eigenvalue weighted by molar-refractivity contribution is 0.111. The first-order valence-electron chi connectivity index (χ1n) is 5.73. The average Bonchev–Trinajstić information content (AvgIpc) is 3.03. The van der Waals surface area contributed by atoms with E-state index in [1.54, 1.807) is 0 Å². The molecule has 1 heterocycles. The van der Waals surface area contributed by atoms with Gasteiger partial charge in [0.15, 0.2) is 18.2 Å². The van der Waals surface area contributed by atoms with E-state index in [0.29, 0.717) is 6.29 Å². The van der Waals surface area contributed by atoms with Crippen molar-refractivity contribution in [2.24, 2.45) is 0 Å². The summed E-state index contributed by atoms with van der Waals surface area (Å²) < 4.78 is 4.21. The van der Waals surface area contributed by atoms with Gasteiger partial charge in [-0.2, -0.15) is 0 Å². The Morgan fingerprint density at radius 2 is 1.37 bits per heavy atom. The van der Waals surface area contributed by atoms with Crippen molar-refractivity contribution < 1.29 is 9.32 Å². The number of aromatic nitrogens is 2. The van der Waals surface area contributed by atoms with Crippen molar-refractivity contribution in [3.05, 3.63) is 72.6 Å². The summed E-state index contributed by atoms with van der Waals surface area (Å²) in [6, 6.07) is 20.8. The summed E-state index contributed by atoms with van der Waals surface area (Å²) in [5.74, 6) is 0. The molecule has 0 atom stereocenters. The summed E-state index contributed by atoms with van der Waals surface area (Å²) in [5, 5.41) is 6.29. The highest BCUT2D eigenvalue weighted by Gasteiger charge is 1.91. The summed E-state index contributed by atoms with van der Waals surface area (Å²) in [7, 11) is 0. The highest BCUT2D eigenvalue weighted by atomic mass is 16.5. The molecule has 0 saturated heterocycles. The van der Waals surface area contributed by atoms with Gasteiger partial charge in [0.1, 0.15) is 0 Å². The van der Waals surface area contributed by atoms with Crippen LogP contribution >= 0.6 is 0 Å². The van der Waals surface area contributed by atoms with E-state index < -0.39 is 0 Å². The van der Waals surface area contributed by atoms with Gasteiger partial charge in [0, 0.05) is 5.27 Å². The fourth-order valence-electron chi connectivity index (χ4n) is 1.48.